The average Bonchev–Trinajstić information content (AvgIpc) is 2.42. The second kappa shape index (κ2) is 4.80. The first-order valence-corrected chi connectivity index (χ1v) is 4.99. The van der Waals surface area contributed by atoms with Gasteiger partial charge in [-0.05, 0) is 25.0 Å². The van der Waals surface area contributed by atoms with Crippen LogP contribution in [0.5, 0.6) is 0 Å². The third-order valence-electron chi connectivity index (χ3n) is 2.29. The summed E-state index contributed by atoms with van der Waals surface area (Å²) < 4.78 is 0. The molecule has 2 heteroatoms. The molecule has 1 aliphatic rings. The smallest absolute Gasteiger partial charge is 0.231 e. The van der Waals surface area contributed by atoms with E-state index in [9.17, 15) is 4.79 Å². The first-order valence-electron chi connectivity index (χ1n) is 4.99. The molecule has 0 aromatic rings. The zero-order chi connectivity index (χ0) is 10.6. The van der Waals surface area contributed by atoms with E-state index in [0.717, 1.165) is 17.7 Å². The van der Waals surface area contributed by atoms with Crippen LogP contribution in [-0.4, -0.2) is 17.9 Å². The first-order chi connectivity index (χ1) is 6.70. The molecule has 1 aliphatic heterocycles. The summed E-state index contributed by atoms with van der Waals surface area (Å²) in [7, 11) is 1.83. The van der Waals surface area contributed by atoms with Gasteiger partial charge in [-0.15, -0.1) is 0 Å². The molecular weight excluding hydrogens is 174 g/mol. The minimum absolute atomic E-state index is 0.175. The number of carbonyl (C=O) groups excluding carboxylic acids is 1. The van der Waals surface area contributed by atoms with Gasteiger partial charge in [0.05, 0.1) is 6.42 Å². The van der Waals surface area contributed by atoms with Gasteiger partial charge in [-0.2, -0.15) is 0 Å². The van der Waals surface area contributed by atoms with E-state index < -0.39 is 0 Å². The van der Waals surface area contributed by atoms with Gasteiger partial charge in [0.1, 0.15) is 0 Å². The SMILES string of the molecule is C/C=C\C1=C(/C=C\CC)N(C)C(=O)C1. The van der Waals surface area contributed by atoms with Crippen LogP contribution in [0.1, 0.15) is 26.7 Å². The highest BCUT2D eigenvalue weighted by atomic mass is 16.2. The van der Waals surface area contributed by atoms with Gasteiger partial charge in [0.2, 0.25) is 5.91 Å². The van der Waals surface area contributed by atoms with E-state index >= 15 is 0 Å². The summed E-state index contributed by atoms with van der Waals surface area (Å²) in [4.78, 5) is 13.2. The number of nitrogens with zero attached hydrogens (tertiary/aromatic N) is 1. The van der Waals surface area contributed by atoms with Crippen molar-refractivity contribution in [3.63, 3.8) is 0 Å². The van der Waals surface area contributed by atoms with Gasteiger partial charge in [-0.1, -0.05) is 25.2 Å². The third-order valence-corrected chi connectivity index (χ3v) is 2.29. The molecule has 76 valence electrons. The molecule has 0 saturated heterocycles. The van der Waals surface area contributed by atoms with Crippen molar-refractivity contribution in [1.82, 2.24) is 4.90 Å². The Morgan fingerprint density at radius 3 is 2.71 bits per heavy atom. The van der Waals surface area contributed by atoms with Crippen molar-refractivity contribution in [2.24, 2.45) is 0 Å². The van der Waals surface area contributed by atoms with Crippen LogP contribution in [0, 0.1) is 0 Å². The summed E-state index contributed by atoms with van der Waals surface area (Å²) in [5.74, 6) is 0.175. The topological polar surface area (TPSA) is 20.3 Å². The molecule has 0 spiro atoms. The zero-order valence-corrected chi connectivity index (χ0v) is 9.08. The molecule has 1 rings (SSSR count). The Morgan fingerprint density at radius 2 is 2.14 bits per heavy atom. The summed E-state index contributed by atoms with van der Waals surface area (Å²) in [6, 6.07) is 0. The number of allylic oxidation sites excluding steroid dienone is 4. The van der Waals surface area contributed by atoms with Gasteiger partial charge in [-0.3, -0.25) is 4.79 Å². The van der Waals surface area contributed by atoms with Crippen molar-refractivity contribution in [2.45, 2.75) is 26.7 Å². The fourth-order valence-electron chi connectivity index (χ4n) is 1.52. The van der Waals surface area contributed by atoms with Gasteiger partial charge < -0.3 is 4.90 Å². The molecule has 0 radical (unpaired) electrons. The van der Waals surface area contributed by atoms with Crippen LogP contribution in [-0.2, 0) is 4.79 Å². The van der Waals surface area contributed by atoms with Gasteiger partial charge in [0.15, 0.2) is 0 Å². The van der Waals surface area contributed by atoms with Crippen LogP contribution >= 0.6 is 0 Å². The number of amides is 1. The molecule has 1 heterocycles. The number of carbonyl (C=O) groups is 1. The van der Waals surface area contributed by atoms with Crippen molar-refractivity contribution < 1.29 is 4.79 Å². The normalized spacial score (nSPS) is 18.2. The first kappa shape index (κ1) is 10.8. The van der Waals surface area contributed by atoms with Gasteiger partial charge in [-0.25, -0.2) is 0 Å². The molecule has 0 aromatic heterocycles. The van der Waals surface area contributed by atoms with E-state index in [1.54, 1.807) is 4.90 Å². The fourth-order valence-corrected chi connectivity index (χ4v) is 1.52. The van der Waals surface area contributed by atoms with E-state index in [2.05, 4.69) is 13.0 Å². The van der Waals surface area contributed by atoms with Crippen LogP contribution in [0.4, 0.5) is 0 Å². The molecule has 0 saturated carbocycles. The monoisotopic (exact) mass is 191 g/mol. The predicted molar refractivity (Wildman–Crippen MR) is 58.7 cm³/mol. The van der Waals surface area contributed by atoms with Gasteiger partial charge >= 0.3 is 0 Å². The van der Waals surface area contributed by atoms with E-state index in [1.165, 1.54) is 0 Å². The second-order valence-corrected chi connectivity index (χ2v) is 3.35. The molecule has 0 unspecified atom stereocenters. The molecule has 0 aliphatic carbocycles. The van der Waals surface area contributed by atoms with Crippen molar-refractivity contribution in [3.05, 3.63) is 35.6 Å². The van der Waals surface area contributed by atoms with Crippen LogP contribution in [0.15, 0.2) is 35.6 Å². The van der Waals surface area contributed by atoms with Crippen molar-refractivity contribution in [3.8, 4) is 0 Å². The number of hydrogen-bond donors (Lipinski definition) is 0. The lowest BCUT2D eigenvalue weighted by atomic mass is 10.1. The highest BCUT2D eigenvalue weighted by molar-refractivity contribution is 5.85. The van der Waals surface area contributed by atoms with Crippen LogP contribution < -0.4 is 0 Å². The predicted octanol–water partition coefficient (Wildman–Crippen LogP) is 2.64. The zero-order valence-electron chi connectivity index (χ0n) is 9.08. The summed E-state index contributed by atoms with van der Waals surface area (Å²) in [6.45, 7) is 4.06. The molecule has 14 heavy (non-hydrogen) atoms. The molecule has 0 aromatic carbocycles. The maximum Gasteiger partial charge on any atom is 0.231 e. The highest BCUT2D eigenvalue weighted by Crippen LogP contribution is 2.24. The summed E-state index contributed by atoms with van der Waals surface area (Å²) in [5, 5.41) is 0. The van der Waals surface area contributed by atoms with Crippen molar-refractivity contribution in [1.29, 1.82) is 0 Å². The Morgan fingerprint density at radius 1 is 1.43 bits per heavy atom. The number of likely N-dealkylation sites (N-methyl/N-ethyl adjacent to an activating group) is 1. The maximum atomic E-state index is 11.4. The summed E-state index contributed by atoms with van der Waals surface area (Å²) >= 11 is 0. The van der Waals surface area contributed by atoms with Crippen LogP contribution in [0.3, 0.4) is 0 Å². The quantitative estimate of drug-likeness (QED) is 0.671. The molecule has 2 nitrogen and oxygen atoms in total. The van der Waals surface area contributed by atoms with Crippen molar-refractivity contribution >= 4 is 5.91 Å². The highest BCUT2D eigenvalue weighted by Gasteiger charge is 2.23. The van der Waals surface area contributed by atoms with Gasteiger partial charge in [0, 0.05) is 12.7 Å². The van der Waals surface area contributed by atoms with Crippen molar-refractivity contribution in [2.75, 3.05) is 7.05 Å². The molecule has 0 bridgehead atoms. The number of hydrogen-bond acceptors (Lipinski definition) is 1. The summed E-state index contributed by atoms with van der Waals surface area (Å²) in [6.07, 6.45) is 9.62. The van der Waals surface area contributed by atoms with Gasteiger partial charge in [0.25, 0.3) is 0 Å². The minimum Gasteiger partial charge on any atom is -0.315 e. The fraction of sp³-hybridized carbons (Fsp3) is 0.417. The maximum absolute atomic E-state index is 11.4. The van der Waals surface area contributed by atoms with E-state index in [4.69, 9.17) is 0 Å². The second-order valence-electron chi connectivity index (χ2n) is 3.35. The Bertz CT molecular complexity index is 310. The van der Waals surface area contributed by atoms with Crippen LogP contribution in [0.2, 0.25) is 0 Å². The van der Waals surface area contributed by atoms with E-state index in [-0.39, 0.29) is 5.91 Å². The molecule has 0 fully saturated rings. The third kappa shape index (κ3) is 2.13. The Hall–Kier alpha value is -1.31. The van der Waals surface area contributed by atoms with E-state index in [1.807, 2.05) is 32.2 Å². The minimum atomic E-state index is 0.175. The molecule has 0 atom stereocenters. The molecule has 1 amide bonds. The molecule has 0 N–H and O–H groups in total. The molecular formula is C12H17NO. The van der Waals surface area contributed by atoms with Crippen LogP contribution in [0.25, 0.3) is 0 Å². The summed E-state index contributed by atoms with van der Waals surface area (Å²) in [5.41, 5.74) is 2.15. The Balaban J connectivity index is 2.96. The standard InChI is InChI=1S/C12H17NO/c1-4-6-8-11-10(7-5-2)9-12(14)13(11)3/h5-8H,4,9H2,1-3H3/b7-5-,8-6-. The number of rotatable bonds is 3. The Labute approximate surface area is 85.6 Å². The largest absolute Gasteiger partial charge is 0.315 e. The average molecular weight is 191 g/mol. The lowest BCUT2D eigenvalue weighted by molar-refractivity contribution is -0.125. The lowest BCUT2D eigenvalue weighted by Crippen LogP contribution is -2.18. The van der Waals surface area contributed by atoms with E-state index in [0.29, 0.717) is 6.42 Å². The lowest BCUT2D eigenvalue weighted by Gasteiger charge is -2.10. The Kier molecular flexibility index (Phi) is 3.69.